The van der Waals surface area contributed by atoms with Crippen molar-refractivity contribution in [2.45, 2.75) is 0 Å². The molecule has 0 fully saturated rings. The van der Waals surface area contributed by atoms with Crippen molar-refractivity contribution in [3.8, 4) is 11.5 Å². The number of aromatic hydroxyl groups is 1. The van der Waals surface area contributed by atoms with Crippen molar-refractivity contribution in [2.75, 3.05) is 17.7 Å². The number of ether oxygens (including phenoxy) is 1. The van der Waals surface area contributed by atoms with Gasteiger partial charge in [-0.25, -0.2) is 15.0 Å². The average molecular weight is 434 g/mol. The molecule has 0 unspecified atom stereocenters. The fourth-order valence-corrected chi connectivity index (χ4v) is 2.61. The second-order valence-electron chi connectivity index (χ2n) is 5.57. The maximum absolute atomic E-state index is 12.8. The number of carbonyl (C=O) groups is 2. The van der Waals surface area contributed by atoms with Crippen molar-refractivity contribution >= 4 is 46.5 Å². The molecule has 2 amide bonds. The van der Waals surface area contributed by atoms with E-state index in [0.717, 1.165) is 12.4 Å². The van der Waals surface area contributed by atoms with Crippen LogP contribution in [0.2, 0.25) is 10.0 Å². The zero-order valence-electron chi connectivity index (χ0n) is 14.8. The Bertz CT molecular complexity index is 1060. The molecule has 0 atom stereocenters. The van der Waals surface area contributed by atoms with Crippen LogP contribution in [0.5, 0.6) is 11.5 Å². The smallest absolute Gasteiger partial charge is 0.293 e. The zero-order valence-corrected chi connectivity index (χ0v) is 16.3. The largest absolute Gasteiger partial charge is 0.505 e. The van der Waals surface area contributed by atoms with E-state index >= 15 is 0 Å². The van der Waals surface area contributed by atoms with Crippen LogP contribution in [0.3, 0.4) is 0 Å². The first-order chi connectivity index (χ1) is 13.9. The molecule has 0 radical (unpaired) electrons. The number of aromatic nitrogens is 3. The number of nitrogens with one attached hydrogen (secondary N) is 2. The molecule has 29 heavy (non-hydrogen) atoms. The Hall–Kier alpha value is -3.43. The number of methoxy groups -OCH3 is 1. The lowest BCUT2D eigenvalue weighted by molar-refractivity contribution is 0.101. The monoisotopic (exact) mass is 433 g/mol. The van der Waals surface area contributed by atoms with Crippen molar-refractivity contribution in [3.05, 3.63) is 64.3 Å². The summed E-state index contributed by atoms with van der Waals surface area (Å²) in [6.07, 6.45) is 3.52. The molecule has 0 aliphatic heterocycles. The lowest BCUT2D eigenvalue weighted by atomic mass is 10.1. The second kappa shape index (κ2) is 8.72. The molecule has 0 aliphatic carbocycles. The zero-order chi connectivity index (χ0) is 21.0. The summed E-state index contributed by atoms with van der Waals surface area (Å²) in [6, 6.07) is 5.88. The van der Waals surface area contributed by atoms with Crippen molar-refractivity contribution in [2.24, 2.45) is 0 Å². The van der Waals surface area contributed by atoms with Gasteiger partial charge >= 0.3 is 0 Å². The van der Waals surface area contributed by atoms with Gasteiger partial charge in [-0.05, 0) is 18.2 Å². The van der Waals surface area contributed by atoms with Crippen LogP contribution < -0.4 is 15.4 Å². The molecule has 0 saturated carbocycles. The van der Waals surface area contributed by atoms with Gasteiger partial charge in [-0.2, -0.15) is 0 Å². The normalized spacial score (nSPS) is 10.3. The molecular weight excluding hydrogens is 421 g/mol. The number of nitrogens with zero attached hydrogens (tertiary/aromatic N) is 3. The first-order valence-corrected chi connectivity index (χ1v) is 8.75. The number of amides is 2. The summed E-state index contributed by atoms with van der Waals surface area (Å²) in [6.45, 7) is 0. The van der Waals surface area contributed by atoms with Gasteiger partial charge in [0.15, 0.2) is 5.75 Å². The number of anilines is 2. The average Bonchev–Trinajstić information content (AvgIpc) is 2.71. The van der Waals surface area contributed by atoms with E-state index in [1.165, 1.54) is 31.5 Å². The van der Waals surface area contributed by atoms with Crippen LogP contribution in [0.25, 0.3) is 0 Å². The highest BCUT2D eigenvalue weighted by Crippen LogP contribution is 2.33. The van der Waals surface area contributed by atoms with Gasteiger partial charge in [0.2, 0.25) is 5.82 Å². The van der Waals surface area contributed by atoms with E-state index in [0.29, 0.717) is 5.02 Å². The molecule has 1 aromatic carbocycles. The van der Waals surface area contributed by atoms with Gasteiger partial charge in [0.05, 0.1) is 35.8 Å². The van der Waals surface area contributed by atoms with E-state index in [-0.39, 0.29) is 39.4 Å². The molecule has 2 aromatic heterocycles. The number of carbonyl (C=O) groups excluding carboxylic acids is 2. The van der Waals surface area contributed by atoms with Crippen LogP contribution in [-0.4, -0.2) is 39.0 Å². The molecule has 11 heteroatoms. The molecule has 2 heterocycles. The Morgan fingerprint density at radius 2 is 1.69 bits per heavy atom. The Kier molecular flexibility index (Phi) is 6.10. The lowest BCUT2D eigenvalue weighted by Gasteiger charge is -2.15. The Morgan fingerprint density at radius 1 is 0.966 bits per heavy atom. The lowest BCUT2D eigenvalue weighted by Crippen LogP contribution is -2.20. The summed E-state index contributed by atoms with van der Waals surface area (Å²) < 4.78 is 5.25. The number of benzene rings is 1. The standard InChI is InChI=1S/C18H13Cl2N5O4/c1-29-13-5-10(20)4-12(17(27)24-14-3-2-9(19)6-21-14)15(13)25-18(28)16-22-7-11(26)8-23-16/h2-8,26H,1H3,(H,25,28)(H,21,24,27). The molecule has 9 nitrogen and oxygen atoms in total. The first kappa shape index (κ1) is 20.3. The first-order valence-electron chi connectivity index (χ1n) is 8.00. The highest BCUT2D eigenvalue weighted by molar-refractivity contribution is 6.32. The summed E-state index contributed by atoms with van der Waals surface area (Å²) in [5.41, 5.74) is 0.0864. The van der Waals surface area contributed by atoms with Gasteiger partial charge in [-0.1, -0.05) is 23.2 Å². The fraction of sp³-hybridized carbons (Fsp3) is 0.0556. The minimum Gasteiger partial charge on any atom is -0.505 e. The summed E-state index contributed by atoms with van der Waals surface area (Å²) in [4.78, 5) is 36.7. The topological polar surface area (TPSA) is 126 Å². The predicted molar refractivity (Wildman–Crippen MR) is 107 cm³/mol. The number of hydrogen-bond acceptors (Lipinski definition) is 7. The number of hydrogen-bond donors (Lipinski definition) is 3. The Labute approximate surface area is 174 Å². The number of rotatable bonds is 5. The van der Waals surface area contributed by atoms with Gasteiger partial charge in [0.1, 0.15) is 11.6 Å². The molecule has 0 spiro atoms. The minimum atomic E-state index is -0.718. The molecular formula is C18H13Cl2N5O4. The molecule has 3 rings (SSSR count). The summed E-state index contributed by atoms with van der Waals surface area (Å²) >= 11 is 11.9. The fourth-order valence-electron chi connectivity index (χ4n) is 2.29. The molecule has 0 aliphatic rings. The van der Waals surface area contributed by atoms with E-state index in [9.17, 15) is 14.7 Å². The van der Waals surface area contributed by atoms with Gasteiger partial charge in [0, 0.05) is 17.3 Å². The van der Waals surface area contributed by atoms with Crippen LogP contribution in [0.4, 0.5) is 11.5 Å². The van der Waals surface area contributed by atoms with Gasteiger partial charge in [0.25, 0.3) is 11.8 Å². The van der Waals surface area contributed by atoms with Crippen LogP contribution in [0.1, 0.15) is 21.0 Å². The van der Waals surface area contributed by atoms with E-state index in [1.807, 2.05) is 0 Å². The number of halogens is 2. The summed E-state index contributed by atoms with van der Waals surface area (Å²) in [7, 11) is 1.36. The molecule has 0 saturated heterocycles. The summed E-state index contributed by atoms with van der Waals surface area (Å²) in [5, 5.41) is 15.0. The van der Waals surface area contributed by atoms with Crippen LogP contribution in [-0.2, 0) is 0 Å². The Morgan fingerprint density at radius 3 is 2.31 bits per heavy atom. The summed E-state index contributed by atoms with van der Waals surface area (Å²) in [5.74, 6) is -1.32. The van der Waals surface area contributed by atoms with Gasteiger partial charge in [-0.15, -0.1) is 0 Å². The maximum atomic E-state index is 12.8. The third kappa shape index (κ3) is 4.89. The van der Waals surface area contributed by atoms with Crippen molar-refractivity contribution < 1.29 is 19.4 Å². The van der Waals surface area contributed by atoms with Crippen molar-refractivity contribution in [3.63, 3.8) is 0 Å². The third-order valence-electron chi connectivity index (χ3n) is 3.58. The highest BCUT2D eigenvalue weighted by Gasteiger charge is 2.21. The molecule has 3 N–H and O–H groups in total. The Balaban J connectivity index is 1.94. The van der Waals surface area contributed by atoms with Crippen LogP contribution in [0.15, 0.2) is 42.9 Å². The van der Waals surface area contributed by atoms with E-state index < -0.39 is 11.8 Å². The van der Waals surface area contributed by atoms with E-state index in [2.05, 4.69) is 25.6 Å². The van der Waals surface area contributed by atoms with E-state index in [4.69, 9.17) is 27.9 Å². The quantitative estimate of drug-likeness (QED) is 0.562. The van der Waals surface area contributed by atoms with Crippen molar-refractivity contribution in [1.82, 2.24) is 15.0 Å². The van der Waals surface area contributed by atoms with Crippen molar-refractivity contribution in [1.29, 1.82) is 0 Å². The number of pyridine rings is 1. The van der Waals surface area contributed by atoms with Gasteiger partial charge in [-0.3, -0.25) is 9.59 Å². The molecule has 3 aromatic rings. The van der Waals surface area contributed by atoms with E-state index in [1.54, 1.807) is 6.07 Å². The molecule has 148 valence electrons. The maximum Gasteiger partial charge on any atom is 0.293 e. The second-order valence-corrected chi connectivity index (χ2v) is 6.44. The minimum absolute atomic E-state index is 0.0261. The SMILES string of the molecule is COc1cc(Cl)cc(C(=O)Nc2ccc(Cl)cn2)c1NC(=O)c1ncc(O)cn1. The highest BCUT2D eigenvalue weighted by atomic mass is 35.5. The van der Waals surface area contributed by atoms with Crippen LogP contribution in [0, 0.1) is 0 Å². The predicted octanol–water partition coefficient (Wildman–Crippen LogP) is 3.40. The third-order valence-corrected chi connectivity index (χ3v) is 4.02. The van der Waals surface area contributed by atoms with Crippen LogP contribution >= 0.6 is 23.2 Å². The van der Waals surface area contributed by atoms with Gasteiger partial charge < -0.3 is 20.5 Å². The molecule has 0 bridgehead atoms.